The van der Waals surface area contributed by atoms with Crippen LogP contribution in [-0.2, 0) is 10.7 Å². The summed E-state index contributed by atoms with van der Waals surface area (Å²) in [6.45, 7) is 0. The van der Waals surface area contributed by atoms with E-state index in [1.165, 1.54) is 6.07 Å². The zero-order valence-electron chi connectivity index (χ0n) is 6.73. The summed E-state index contributed by atoms with van der Waals surface area (Å²) in [4.78, 5) is 10.0. The van der Waals surface area contributed by atoms with E-state index in [4.69, 9.17) is 5.73 Å². The van der Waals surface area contributed by atoms with Crippen LogP contribution >= 0.6 is 22.6 Å². The lowest BCUT2D eigenvalue weighted by Crippen LogP contribution is -2.22. The summed E-state index contributed by atoms with van der Waals surface area (Å²) in [5.74, 6) is -4.09. The highest BCUT2D eigenvalue weighted by Crippen LogP contribution is 2.31. The smallest absolute Gasteiger partial charge is 0.375 e. The van der Waals surface area contributed by atoms with Gasteiger partial charge in [-0.25, -0.2) is 0 Å². The number of carbonyl (C=O) groups excluding carboxylic acids is 1. The van der Waals surface area contributed by atoms with Crippen LogP contribution in [0.15, 0.2) is 18.2 Å². The van der Waals surface area contributed by atoms with Gasteiger partial charge in [0.15, 0.2) is 0 Å². The second kappa shape index (κ2) is 3.76. The predicted molar refractivity (Wildman–Crippen MR) is 53.6 cm³/mol. The molecular formula is C8H5F3INO. The van der Waals surface area contributed by atoms with Gasteiger partial charge in [0.2, 0.25) is 0 Å². The maximum atomic E-state index is 12.8. The molecule has 0 atom stereocenters. The largest absolute Gasteiger partial charge is 0.398 e. The molecule has 2 N–H and O–H groups in total. The lowest BCUT2D eigenvalue weighted by molar-refractivity contribution is -0.157. The Morgan fingerprint density at radius 1 is 1.43 bits per heavy atom. The number of hydrogen-bond acceptors (Lipinski definition) is 2. The van der Waals surface area contributed by atoms with Crippen LogP contribution < -0.4 is 5.73 Å². The maximum absolute atomic E-state index is 12.8. The molecule has 0 amide bonds. The van der Waals surface area contributed by atoms with E-state index >= 15 is 0 Å². The van der Waals surface area contributed by atoms with E-state index < -0.39 is 17.5 Å². The molecule has 2 nitrogen and oxygen atoms in total. The molecule has 1 aromatic rings. The predicted octanol–water partition coefficient (Wildman–Crippen LogP) is 2.46. The van der Waals surface area contributed by atoms with Gasteiger partial charge in [-0.3, -0.25) is 4.79 Å². The molecule has 0 bridgehead atoms. The second-order valence-corrected chi connectivity index (χ2v) is 3.75. The Labute approximate surface area is 91.4 Å². The number of benzene rings is 1. The molecule has 0 saturated heterocycles. The minimum atomic E-state index is -4.09. The molecular weight excluding hydrogens is 310 g/mol. The molecule has 0 heterocycles. The normalized spacial score (nSPS) is 11.4. The number of nitrogens with two attached hydrogens (primary N) is 1. The molecule has 14 heavy (non-hydrogen) atoms. The zero-order valence-corrected chi connectivity index (χ0v) is 8.89. The molecule has 0 unspecified atom stereocenters. The van der Waals surface area contributed by atoms with E-state index in [1.807, 2.05) is 0 Å². The second-order valence-electron chi connectivity index (χ2n) is 2.58. The van der Waals surface area contributed by atoms with E-state index in [0.29, 0.717) is 9.26 Å². The summed E-state index contributed by atoms with van der Waals surface area (Å²) >= 11 is 1.72. The average Bonchev–Trinajstić information content (AvgIpc) is 2.09. The van der Waals surface area contributed by atoms with E-state index in [9.17, 15) is 18.0 Å². The van der Waals surface area contributed by atoms with Gasteiger partial charge < -0.3 is 5.73 Å². The van der Waals surface area contributed by atoms with Crippen molar-refractivity contribution in [3.63, 3.8) is 0 Å². The molecule has 0 saturated carbocycles. The van der Waals surface area contributed by atoms with Crippen molar-refractivity contribution in [1.29, 1.82) is 0 Å². The summed E-state index contributed by atoms with van der Waals surface area (Å²) < 4.78 is 38.0. The molecule has 0 fully saturated rings. The van der Waals surface area contributed by atoms with Crippen LogP contribution in [0, 0.1) is 3.57 Å². The highest BCUT2D eigenvalue weighted by molar-refractivity contribution is 14.1. The van der Waals surface area contributed by atoms with Gasteiger partial charge >= 0.3 is 12.0 Å². The third kappa shape index (κ3) is 1.99. The molecule has 0 aliphatic carbocycles. The van der Waals surface area contributed by atoms with Crippen molar-refractivity contribution < 1.29 is 18.0 Å². The Hall–Kier alpha value is -0.790. The van der Waals surface area contributed by atoms with Gasteiger partial charge in [-0.1, -0.05) is 6.07 Å². The number of nitrogen functional groups attached to an aromatic ring is 1. The Morgan fingerprint density at radius 2 is 2.00 bits per heavy atom. The van der Waals surface area contributed by atoms with Crippen molar-refractivity contribution >= 4 is 34.3 Å². The van der Waals surface area contributed by atoms with Crippen molar-refractivity contribution in [2.24, 2.45) is 0 Å². The fourth-order valence-electron chi connectivity index (χ4n) is 0.836. The van der Waals surface area contributed by atoms with Crippen LogP contribution in [-0.4, -0.2) is 6.04 Å². The Balaban J connectivity index is 3.21. The van der Waals surface area contributed by atoms with Gasteiger partial charge in [0.25, 0.3) is 0 Å². The van der Waals surface area contributed by atoms with Gasteiger partial charge in [-0.2, -0.15) is 13.2 Å². The van der Waals surface area contributed by atoms with Crippen molar-refractivity contribution in [3.05, 3.63) is 27.3 Å². The quantitative estimate of drug-likeness (QED) is 0.518. The van der Waals surface area contributed by atoms with Crippen LogP contribution in [0.2, 0.25) is 0 Å². The number of rotatable bonds is 2. The first-order valence-electron chi connectivity index (χ1n) is 3.49. The molecule has 0 radical (unpaired) electrons. The summed E-state index contributed by atoms with van der Waals surface area (Å²) in [5, 5.41) is 0. The van der Waals surface area contributed by atoms with Gasteiger partial charge in [0.05, 0.1) is 0 Å². The number of carbonyl (C=O) groups is 1. The SMILES string of the molecule is Nc1ccc(C(F)(F)C(=O)F)cc1I. The first-order valence-corrected chi connectivity index (χ1v) is 4.57. The van der Waals surface area contributed by atoms with Crippen LogP contribution in [0.3, 0.4) is 0 Å². The third-order valence-corrected chi connectivity index (χ3v) is 2.54. The number of hydrogen-bond donors (Lipinski definition) is 1. The Bertz CT molecular complexity index is 381. The molecule has 1 rings (SSSR count). The minimum absolute atomic E-state index is 0.302. The highest BCUT2D eigenvalue weighted by Gasteiger charge is 2.41. The van der Waals surface area contributed by atoms with Gasteiger partial charge in [-0.05, 0) is 34.7 Å². The molecule has 0 aliphatic rings. The molecule has 0 aromatic heterocycles. The molecule has 1 aromatic carbocycles. The molecule has 0 aliphatic heterocycles. The van der Waals surface area contributed by atoms with Crippen molar-refractivity contribution in [2.45, 2.75) is 5.92 Å². The van der Waals surface area contributed by atoms with Gasteiger partial charge in [0.1, 0.15) is 0 Å². The average molecular weight is 315 g/mol. The first-order chi connectivity index (χ1) is 6.35. The summed E-state index contributed by atoms with van der Waals surface area (Å²) in [6, 6.07) is 0.439. The first kappa shape index (κ1) is 11.3. The van der Waals surface area contributed by atoms with Crippen molar-refractivity contribution in [3.8, 4) is 0 Å². The number of alkyl halides is 2. The fraction of sp³-hybridized carbons (Fsp3) is 0.125. The highest BCUT2D eigenvalue weighted by atomic mass is 127. The number of anilines is 1. The summed E-state index contributed by atoms with van der Waals surface area (Å²) in [5.41, 5.74) is 4.99. The monoisotopic (exact) mass is 315 g/mol. The van der Waals surface area contributed by atoms with Crippen LogP contribution in [0.25, 0.3) is 0 Å². The Kier molecular flexibility index (Phi) is 3.03. The van der Waals surface area contributed by atoms with Crippen molar-refractivity contribution in [1.82, 2.24) is 0 Å². The van der Waals surface area contributed by atoms with Crippen LogP contribution in [0.4, 0.5) is 18.9 Å². The van der Waals surface area contributed by atoms with Crippen molar-refractivity contribution in [2.75, 3.05) is 5.73 Å². The van der Waals surface area contributed by atoms with E-state index in [1.54, 1.807) is 22.6 Å². The van der Waals surface area contributed by atoms with E-state index in [-0.39, 0.29) is 0 Å². The van der Waals surface area contributed by atoms with Crippen LogP contribution in [0.5, 0.6) is 0 Å². The van der Waals surface area contributed by atoms with E-state index in [0.717, 1.165) is 12.1 Å². The summed E-state index contributed by atoms with van der Waals surface area (Å²) in [6.07, 6.45) is 0. The number of halogens is 4. The lowest BCUT2D eigenvalue weighted by atomic mass is 10.1. The van der Waals surface area contributed by atoms with Gasteiger partial charge in [-0.15, -0.1) is 0 Å². The topological polar surface area (TPSA) is 43.1 Å². The Morgan fingerprint density at radius 3 is 2.43 bits per heavy atom. The maximum Gasteiger partial charge on any atom is 0.375 e. The third-order valence-electron chi connectivity index (χ3n) is 1.61. The minimum Gasteiger partial charge on any atom is -0.398 e. The molecule has 76 valence electrons. The molecule has 0 spiro atoms. The standard InChI is InChI=1S/C8H5F3INO/c9-7(14)8(10,11)4-1-2-6(13)5(12)3-4/h1-3H,13H2. The van der Waals surface area contributed by atoms with E-state index in [2.05, 4.69) is 0 Å². The summed E-state index contributed by atoms with van der Waals surface area (Å²) in [7, 11) is 0. The zero-order chi connectivity index (χ0) is 10.9. The molecule has 6 heteroatoms. The fourth-order valence-corrected chi connectivity index (χ4v) is 1.35. The lowest BCUT2D eigenvalue weighted by Gasteiger charge is -2.11. The van der Waals surface area contributed by atoms with Gasteiger partial charge in [0, 0.05) is 14.8 Å². The van der Waals surface area contributed by atoms with Crippen LogP contribution in [0.1, 0.15) is 5.56 Å².